The molecule has 0 aliphatic carbocycles. The zero-order valence-electron chi connectivity index (χ0n) is 18.5. The molecule has 1 unspecified atom stereocenters. The first-order chi connectivity index (χ1) is 15.7. The molecule has 0 saturated carbocycles. The minimum Gasteiger partial charge on any atom is -0.354 e. The van der Waals surface area contributed by atoms with E-state index < -0.39 is 27.9 Å². The highest BCUT2D eigenvalue weighted by atomic mass is 35.5. The van der Waals surface area contributed by atoms with Crippen molar-refractivity contribution in [2.45, 2.75) is 44.2 Å². The Morgan fingerprint density at radius 3 is 2.45 bits per heavy atom. The summed E-state index contributed by atoms with van der Waals surface area (Å²) in [7, 11) is -4.02. The standard InChI is InChI=1S/C23H26ClN3O5S/c1-3-13-25-22(29)16(2)26(15-17-8-4-6-10-19(17)24)21(28)12-14-27-23(30)18-9-5-7-11-20(18)33(27,31)32/h4-11,16H,3,12-15H2,1-2H3,(H,25,29). The van der Waals surface area contributed by atoms with Gasteiger partial charge in [0.15, 0.2) is 0 Å². The summed E-state index contributed by atoms with van der Waals surface area (Å²) in [5.41, 5.74) is 0.741. The molecular formula is C23H26ClN3O5S. The number of carbonyl (C=O) groups excluding carboxylic acids is 3. The Labute approximate surface area is 198 Å². The van der Waals surface area contributed by atoms with Gasteiger partial charge in [-0.1, -0.05) is 48.9 Å². The first-order valence-electron chi connectivity index (χ1n) is 10.6. The average Bonchev–Trinajstić information content (AvgIpc) is 3.00. The van der Waals surface area contributed by atoms with Gasteiger partial charge in [-0.05, 0) is 37.1 Å². The fourth-order valence-corrected chi connectivity index (χ4v) is 5.35. The van der Waals surface area contributed by atoms with Crippen LogP contribution < -0.4 is 5.32 Å². The summed E-state index contributed by atoms with van der Waals surface area (Å²) in [6.07, 6.45) is 0.473. The summed E-state index contributed by atoms with van der Waals surface area (Å²) >= 11 is 6.26. The molecule has 2 aromatic carbocycles. The molecule has 176 valence electrons. The number of nitrogens with zero attached hydrogens (tertiary/aromatic N) is 2. The number of amides is 3. The van der Waals surface area contributed by atoms with E-state index in [0.717, 1.165) is 6.42 Å². The number of benzene rings is 2. The average molecular weight is 492 g/mol. The summed E-state index contributed by atoms with van der Waals surface area (Å²) in [6, 6.07) is 12.1. The van der Waals surface area contributed by atoms with Crippen LogP contribution in [0.1, 0.15) is 42.6 Å². The number of nitrogens with one attached hydrogen (secondary N) is 1. The van der Waals surface area contributed by atoms with Crippen molar-refractivity contribution >= 4 is 39.3 Å². The highest BCUT2D eigenvalue weighted by Gasteiger charge is 2.41. The van der Waals surface area contributed by atoms with Crippen LogP contribution in [0.5, 0.6) is 0 Å². The second kappa shape index (κ2) is 10.4. The zero-order valence-corrected chi connectivity index (χ0v) is 20.0. The molecule has 1 aliphatic heterocycles. The van der Waals surface area contributed by atoms with Crippen molar-refractivity contribution in [2.24, 2.45) is 0 Å². The van der Waals surface area contributed by atoms with Gasteiger partial charge in [0.05, 0.1) is 5.56 Å². The van der Waals surface area contributed by atoms with Gasteiger partial charge < -0.3 is 10.2 Å². The first kappa shape index (κ1) is 24.7. The Bertz CT molecular complexity index is 1170. The monoisotopic (exact) mass is 491 g/mol. The van der Waals surface area contributed by atoms with Crippen molar-refractivity contribution in [3.05, 3.63) is 64.7 Å². The maximum atomic E-state index is 13.2. The van der Waals surface area contributed by atoms with Crippen molar-refractivity contribution in [1.82, 2.24) is 14.5 Å². The van der Waals surface area contributed by atoms with Crippen LogP contribution in [0.2, 0.25) is 5.02 Å². The fraction of sp³-hybridized carbons (Fsp3) is 0.348. The Morgan fingerprint density at radius 2 is 1.79 bits per heavy atom. The van der Waals surface area contributed by atoms with Crippen molar-refractivity contribution in [3.8, 4) is 0 Å². The van der Waals surface area contributed by atoms with Gasteiger partial charge in [-0.15, -0.1) is 0 Å². The van der Waals surface area contributed by atoms with E-state index in [-0.39, 0.29) is 35.9 Å². The second-order valence-corrected chi connectivity index (χ2v) is 9.95. The lowest BCUT2D eigenvalue weighted by molar-refractivity contribution is -0.140. The van der Waals surface area contributed by atoms with E-state index in [4.69, 9.17) is 11.6 Å². The second-order valence-electron chi connectivity index (χ2n) is 7.71. The maximum absolute atomic E-state index is 13.2. The van der Waals surface area contributed by atoms with Crippen LogP contribution in [0.3, 0.4) is 0 Å². The largest absolute Gasteiger partial charge is 0.354 e. The Hall–Kier alpha value is -2.91. The summed E-state index contributed by atoms with van der Waals surface area (Å²) in [5, 5.41) is 3.22. The quantitative estimate of drug-likeness (QED) is 0.581. The molecule has 3 rings (SSSR count). The Balaban J connectivity index is 1.79. The van der Waals surface area contributed by atoms with Crippen LogP contribution in [0.25, 0.3) is 0 Å². The Kier molecular flexibility index (Phi) is 7.76. The van der Waals surface area contributed by atoms with E-state index in [1.165, 1.54) is 17.0 Å². The summed E-state index contributed by atoms with van der Waals surface area (Å²) in [6.45, 7) is 3.74. The Morgan fingerprint density at radius 1 is 1.12 bits per heavy atom. The number of sulfonamides is 1. The molecule has 0 saturated heterocycles. The molecule has 1 N–H and O–H groups in total. The predicted molar refractivity (Wildman–Crippen MR) is 124 cm³/mol. The molecule has 1 heterocycles. The lowest BCUT2D eigenvalue weighted by Gasteiger charge is -2.29. The minimum absolute atomic E-state index is 0.0670. The number of fused-ring (bicyclic) bond motifs is 1. The van der Waals surface area contributed by atoms with Crippen LogP contribution in [-0.2, 0) is 26.2 Å². The van der Waals surface area contributed by atoms with Crippen LogP contribution in [0.15, 0.2) is 53.4 Å². The van der Waals surface area contributed by atoms with Crippen molar-refractivity contribution in [2.75, 3.05) is 13.1 Å². The molecular weight excluding hydrogens is 466 g/mol. The third-order valence-electron chi connectivity index (χ3n) is 5.46. The van der Waals surface area contributed by atoms with Gasteiger partial charge in [-0.25, -0.2) is 12.7 Å². The molecule has 0 spiro atoms. The van der Waals surface area contributed by atoms with E-state index in [1.807, 2.05) is 6.92 Å². The molecule has 10 heteroatoms. The van der Waals surface area contributed by atoms with Gasteiger partial charge >= 0.3 is 0 Å². The normalized spacial score (nSPS) is 15.1. The predicted octanol–water partition coefficient (Wildman–Crippen LogP) is 2.82. The first-order valence-corrected chi connectivity index (χ1v) is 12.5. The molecule has 0 bridgehead atoms. The van der Waals surface area contributed by atoms with Gasteiger partial charge in [-0.3, -0.25) is 14.4 Å². The summed E-state index contributed by atoms with van der Waals surface area (Å²) < 4.78 is 26.3. The van der Waals surface area contributed by atoms with Crippen LogP contribution in [0, 0.1) is 0 Å². The fourth-order valence-electron chi connectivity index (χ4n) is 3.58. The minimum atomic E-state index is -4.02. The SMILES string of the molecule is CCCNC(=O)C(C)N(Cc1ccccc1Cl)C(=O)CCN1C(=O)c2ccccc2S1(=O)=O. The molecule has 3 amide bonds. The van der Waals surface area contributed by atoms with Crippen molar-refractivity contribution in [1.29, 1.82) is 0 Å². The third kappa shape index (κ3) is 5.20. The molecule has 0 radical (unpaired) electrons. The molecule has 2 aromatic rings. The molecule has 0 aromatic heterocycles. The van der Waals surface area contributed by atoms with Crippen LogP contribution in [0.4, 0.5) is 0 Å². The molecule has 8 nitrogen and oxygen atoms in total. The van der Waals surface area contributed by atoms with Crippen LogP contribution in [-0.4, -0.2) is 54.5 Å². The zero-order chi connectivity index (χ0) is 24.2. The van der Waals surface area contributed by atoms with E-state index in [1.54, 1.807) is 43.3 Å². The van der Waals surface area contributed by atoms with Crippen LogP contribution >= 0.6 is 11.6 Å². The van der Waals surface area contributed by atoms with Gasteiger partial charge in [0.25, 0.3) is 15.9 Å². The summed E-state index contributed by atoms with van der Waals surface area (Å²) in [5.74, 6) is -1.45. The number of carbonyl (C=O) groups is 3. The lowest BCUT2D eigenvalue weighted by Crippen LogP contribution is -2.48. The third-order valence-corrected chi connectivity index (χ3v) is 7.67. The number of halogens is 1. The van der Waals surface area contributed by atoms with Gasteiger partial charge in [0.1, 0.15) is 10.9 Å². The lowest BCUT2D eigenvalue weighted by atomic mass is 10.1. The molecule has 1 atom stereocenters. The highest BCUT2D eigenvalue weighted by molar-refractivity contribution is 7.90. The molecule has 1 aliphatic rings. The van der Waals surface area contributed by atoms with Gasteiger partial charge in [-0.2, -0.15) is 0 Å². The number of rotatable bonds is 9. The maximum Gasteiger partial charge on any atom is 0.269 e. The number of hydrogen-bond acceptors (Lipinski definition) is 5. The topological polar surface area (TPSA) is 104 Å². The highest BCUT2D eigenvalue weighted by Crippen LogP contribution is 2.30. The molecule has 0 fully saturated rings. The number of hydrogen-bond donors (Lipinski definition) is 1. The van der Waals surface area contributed by atoms with E-state index in [9.17, 15) is 22.8 Å². The van der Waals surface area contributed by atoms with E-state index in [0.29, 0.717) is 21.4 Å². The molecule has 33 heavy (non-hydrogen) atoms. The smallest absolute Gasteiger partial charge is 0.269 e. The van der Waals surface area contributed by atoms with Crippen molar-refractivity contribution < 1.29 is 22.8 Å². The van der Waals surface area contributed by atoms with Gasteiger partial charge in [0, 0.05) is 31.1 Å². The van der Waals surface area contributed by atoms with Crippen molar-refractivity contribution in [3.63, 3.8) is 0 Å². The summed E-state index contributed by atoms with van der Waals surface area (Å²) in [4.78, 5) is 39.7. The van der Waals surface area contributed by atoms with E-state index >= 15 is 0 Å². The van der Waals surface area contributed by atoms with Gasteiger partial charge in [0.2, 0.25) is 11.8 Å². The van der Waals surface area contributed by atoms with E-state index in [2.05, 4.69) is 5.32 Å².